The summed E-state index contributed by atoms with van der Waals surface area (Å²) in [4.78, 5) is 19.4. The van der Waals surface area contributed by atoms with Gasteiger partial charge in [-0.2, -0.15) is 4.98 Å². The maximum Gasteiger partial charge on any atom is 0.256 e. The van der Waals surface area contributed by atoms with Crippen molar-refractivity contribution in [3.05, 3.63) is 65.0 Å². The van der Waals surface area contributed by atoms with Gasteiger partial charge in [0.15, 0.2) is 0 Å². The zero-order valence-corrected chi connectivity index (χ0v) is 16.2. The number of likely N-dealkylation sites (tertiary alicyclic amines) is 1. The third kappa shape index (κ3) is 3.60. The molecule has 1 atom stereocenters. The standard InChI is InChI=1S/C21H20ClN3O3/c1-27-15-11-9-14(10-12-15)19-23-20(28-24-19)18-8-4-5-13-25(18)21(26)16-6-2-3-7-17(16)22/h2-3,6-7,9-12,18H,4-5,8,13H2,1H3. The van der Waals surface area contributed by atoms with Crippen LogP contribution in [0.1, 0.15) is 41.6 Å². The first kappa shape index (κ1) is 18.5. The third-order valence-corrected chi connectivity index (χ3v) is 5.27. The Morgan fingerprint density at radius 3 is 2.71 bits per heavy atom. The van der Waals surface area contributed by atoms with E-state index in [4.69, 9.17) is 20.9 Å². The fourth-order valence-electron chi connectivity index (χ4n) is 3.45. The molecule has 28 heavy (non-hydrogen) atoms. The van der Waals surface area contributed by atoms with Gasteiger partial charge in [0.05, 0.1) is 17.7 Å². The molecular formula is C21H20ClN3O3. The summed E-state index contributed by atoms with van der Waals surface area (Å²) in [5.41, 5.74) is 1.32. The quantitative estimate of drug-likeness (QED) is 0.634. The number of carbonyl (C=O) groups is 1. The molecular weight excluding hydrogens is 378 g/mol. The number of nitrogens with zero attached hydrogens (tertiary/aromatic N) is 3. The van der Waals surface area contributed by atoms with Gasteiger partial charge in [-0.3, -0.25) is 4.79 Å². The Morgan fingerprint density at radius 2 is 1.96 bits per heavy atom. The van der Waals surface area contributed by atoms with Crippen molar-refractivity contribution in [2.24, 2.45) is 0 Å². The molecule has 0 N–H and O–H groups in total. The van der Waals surface area contributed by atoms with E-state index in [0.29, 0.717) is 28.8 Å². The molecule has 1 aromatic heterocycles. The fraction of sp³-hybridized carbons (Fsp3) is 0.286. The largest absolute Gasteiger partial charge is 0.497 e. The molecule has 3 aromatic rings. The van der Waals surface area contributed by atoms with Crippen LogP contribution in [0.15, 0.2) is 53.1 Å². The Bertz CT molecular complexity index is 971. The Kier molecular flexibility index (Phi) is 5.30. The summed E-state index contributed by atoms with van der Waals surface area (Å²) in [6.07, 6.45) is 2.71. The van der Waals surface area contributed by atoms with Crippen molar-refractivity contribution in [1.29, 1.82) is 0 Å². The number of hydrogen-bond donors (Lipinski definition) is 0. The molecule has 1 aliphatic heterocycles. The van der Waals surface area contributed by atoms with Gasteiger partial charge in [-0.05, 0) is 55.7 Å². The van der Waals surface area contributed by atoms with Crippen LogP contribution in [0.5, 0.6) is 5.75 Å². The summed E-state index contributed by atoms with van der Waals surface area (Å²) in [5, 5.41) is 4.56. The number of rotatable bonds is 4. The van der Waals surface area contributed by atoms with E-state index in [1.54, 1.807) is 24.1 Å². The lowest BCUT2D eigenvalue weighted by molar-refractivity contribution is 0.0561. The van der Waals surface area contributed by atoms with E-state index in [1.165, 1.54) is 0 Å². The smallest absolute Gasteiger partial charge is 0.256 e. The van der Waals surface area contributed by atoms with Gasteiger partial charge in [0.25, 0.3) is 5.91 Å². The maximum atomic E-state index is 13.1. The van der Waals surface area contributed by atoms with Crippen molar-refractivity contribution in [2.45, 2.75) is 25.3 Å². The van der Waals surface area contributed by atoms with Crippen LogP contribution in [0, 0.1) is 0 Å². The van der Waals surface area contributed by atoms with Crippen LogP contribution >= 0.6 is 11.6 Å². The van der Waals surface area contributed by atoms with Gasteiger partial charge >= 0.3 is 0 Å². The van der Waals surface area contributed by atoms with Crippen molar-refractivity contribution in [3.8, 4) is 17.1 Å². The molecule has 0 radical (unpaired) electrons. The minimum atomic E-state index is -0.253. The predicted molar refractivity (Wildman–Crippen MR) is 105 cm³/mol. The highest BCUT2D eigenvalue weighted by molar-refractivity contribution is 6.33. The van der Waals surface area contributed by atoms with Gasteiger partial charge < -0.3 is 14.2 Å². The topological polar surface area (TPSA) is 68.5 Å². The molecule has 1 aliphatic rings. The van der Waals surface area contributed by atoms with Crippen molar-refractivity contribution < 1.29 is 14.1 Å². The number of benzene rings is 2. The average Bonchev–Trinajstić information content (AvgIpc) is 3.24. The van der Waals surface area contributed by atoms with Gasteiger partial charge in [-0.25, -0.2) is 0 Å². The molecule has 0 aliphatic carbocycles. The summed E-state index contributed by atoms with van der Waals surface area (Å²) < 4.78 is 10.7. The third-order valence-electron chi connectivity index (χ3n) is 4.94. The Morgan fingerprint density at radius 1 is 1.18 bits per heavy atom. The SMILES string of the molecule is COc1ccc(-c2noc(C3CCCCN3C(=O)c3ccccc3Cl)n2)cc1. The van der Waals surface area contributed by atoms with Crippen molar-refractivity contribution in [3.63, 3.8) is 0 Å². The number of ether oxygens (including phenoxy) is 1. The van der Waals surface area contributed by atoms with Gasteiger partial charge in [0.1, 0.15) is 11.8 Å². The summed E-state index contributed by atoms with van der Waals surface area (Å²) in [5.74, 6) is 1.59. The van der Waals surface area contributed by atoms with Crippen LogP contribution in [0.3, 0.4) is 0 Å². The lowest BCUT2D eigenvalue weighted by Crippen LogP contribution is -2.38. The van der Waals surface area contributed by atoms with E-state index < -0.39 is 0 Å². The molecule has 4 rings (SSSR count). The van der Waals surface area contributed by atoms with E-state index in [9.17, 15) is 4.79 Å². The molecule has 144 valence electrons. The second-order valence-electron chi connectivity index (χ2n) is 6.67. The molecule has 6 nitrogen and oxygen atoms in total. The Labute approximate surface area is 168 Å². The zero-order chi connectivity index (χ0) is 19.5. The van der Waals surface area contributed by atoms with E-state index in [2.05, 4.69) is 10.1 Å². The highest BCUT2D eigenvalue weighted by atomic mass is 35.5. The lowest BCUT2D eigenvalue weighted by Gasteiger charge is -2.33. The minimum Gasteiger partial charge on any atom is -0.497 e. The first-order valence-electron chi connectivity index (χ1n) is 9.21. The molecule has 0 saturated carbocycles. The summed E-state index contributed by atoms with van der Waals surface area (Å²) in [6, 6.07) is 14.3. The second kappa shape index (κ2) is 8.02. The molecule has 0 bridgehead atoms. The average molecular weight is 398 g/mol. The van der Waals surface area contributed by atoms with Crippen LogP contribution in [0.4, 0.5) is 0 Å². The number of methoxy groups -OCH3 is 1. The number of aromatic nitrogens is 2. The van der Waals surface area contributed by atoms with Gasteiger partial charge in [0.2, 0.25) is 11.7 Å². The molecule has 2 heterocycles. The zero-order valence-electron chi connectivity index (χ0n) is 15.5. The van der Waals surface area contributed by atoms with Gasteiger partial charge in [0, 0.05) is 12.1 Å². The Balaban J connectivity index is 1.60. The number of piperidine rings is 1. The van der Waals surface area contributed by atoms with E-state index >= 15 is 0 Å². The first-order valence-corrected chi connectivity index (χ1v) is 9.58. The van der Waals surface area contributed by atoms with Crippen LogP contribution in [0.2, 0.25) is 5.02 Å². The van der Waals surface area contributed by atoms with Gasteiger partial charge in [-0.1, -0.05) is 28.9 Å². The predicted octanol–water partition coefficient (Wildman–Crippen LogP) is 4.77. The number of carbonyl (C=O) groups excluding carboxylic acids is 1. The van der Waals surface area contributed by atoms with E-state index in [1.807, 2.05) is 36.4 Å². The maximum absolute atomic E-state index is 13.1. The van der Waals surface area contributed by atoms with Crippen LogP contribution < -0.4 is 4.74 Å². The number of hydrogen-bond acceptors (Lipinski definition) is 5. The highest BCUT2D eigenvalue weighted by Gasteiger charge is 2.33. The fourth-order valence-corrected chi connectivity index (χ4v) is 3.67. The number of amides is 1. The van der Waals surface area contributed by atoms with E-state index in [0.717, 1.165) is 30.6 Å². The number of halogens is 1. The Hall–Kier alpha value is -2.86. The summed E-state index contributed by atoms with van der Waals surface area (Å²) >= 11 is 6.23. The summed E-state index contributed by atoms with van der Waals surface area (Å²) in [7, 11) is 1.62. The van der Waals surface area contributed by atoms with Crippen molar-refractivity contribution >= 4 is 17.5 Å². The molecule has 1 amide bonds. The van der Waals surface area contributed by atoms with E-state index in [-0.39, 0.29) is 11.9 Å². The van der Waals surface area contributed by atoms with Crippen LogP contribution in [0.25, 0.3) is 11.4 Å². The van der Waals surface area contributed by atoms with Gasteiger partial charge in [-0.15, -0.1) is 0 Å². The molecule has 1 saturated heterocycles. The monoisotopic (exact) mass is 397 g/mol. The normalized spacial score (nSPS) is 16.8. The molecule has 7 heteroatoms. The van der Waals surface area contributed by atoms with Crippen molar-refractivity contribution in [1.82, 2.24) is 15.0 Å². The highest BCUT2D eigenvalue weighted by Crippen LogP contribution is 2.33. The van der Waals surface area contributed by atoms with Crippen LogP contribution in [-0.2, 0) is 0 Å². The molecule has 1 unspecified atom stereocenters. The first-order chi connectivity index (χ1) is 13.7. The molecule has 1 fully saturated rings. The molecule has 0 spiro atoms. The molecule has 2 aromatic carbocycles. The van der Waals surface area contributed by atoms with Crippen LogP contribution in [-0.4, -0.2) is 34.6 Å². The summed E-state index contributed by atoms with van der Waals surface area (Å²) in [6.45, 7) is 0.634. The van der Waals surface area contributed by atoms with Crippen molar-refractivity contribution in [2.75, 3.05) is 13.7 Å². The second-order valence-corrected chi connectivity index (χ2v) is 7.08. The minimum absolute atomic E-state index is 0.112. The lowest BCUT2D eigenvalue weighted by atomic mass is 10.0.